The summed E-state index contributed by atoms with van der Waals surface area (Å²) in [6, 6.07) is 13.3. The van der Waals surface area contributed by atoms with E-state index in [2.05, 4.69) is 5.32 Å². The molecule has 0 saturated carbocycles. The molecule has 22 heavy (non-hydrogen) atoms. The molecule has 1 unspecified atom stereocenters. The maximum atomic E-state index is 13.5. The zero-order valence-electron chi connectivity index (χ0n) is 12.3. The molecule has 2 aromatic rings. The van der Waals surface area contributed by atoms with Gasteiger partial charge in [0.25, 0.3) is 5.91 Å². The highest BCUT2D eigenvalue weighted by molar-refractivity contribution is 7.97. The minimum Gasteiger partial charge on any atom is -0.386 e. The summed E-state index contributed by atoms with van der Waals surface area (Å²) in [7, 11) is 0. The van der Waals surface area contributed by atoms with Crippen molar-refractivity contribution in [3.63, 3.8) is 0 Å². The number of aliphatic hydroxyl groups excluding tert-OH is 1. The van der Waals surface area contributed by atoms with E-state index in [-0.39, 0.29) is 18.0 Å². The second-order valence-electron chi connectivity index (χ2n) is 4.88. The van der Waals surface area contributed by atoms with Crippen molar-refractivity contribution in [3.05, 3.63) is 71.0 Å². The van der Waals surface area contributed by atoms with Crippen LogP contribution in [0.25, 0.3) is 0 Å². The van der Waals surface area contributed by atoms with E-state index in [0.717, 1.165) is 11.3 Å². The average Bonchev–Trinajstić information content (AvgIpc) is 2.54. The van der Waals surface area contributed by atoms with Gasteiger partial charge in [0.2, 0.25) is 0 Å². The van der Waals surface area contributed by atoms with Crippen molar-refractivity contribution in [2.75, 3.05) is 12.8 Å². The van der Waals surface area contributed by atoms with Crippen molar-refractivity contribution in [2.24, 2.45) is 0 Å². The number of aliphatic hydroxyl groups is 1. The summed E-state index contributed by atoms with van der Waals surface area (Å²) < 4.78 is 13.5. The van der Waals surface area contributed by atoms with E-state index >= 15 is 0 Å². The molecule has 0 saturated heterocycles. The highest BCUT2D eigenvalue weighted by atomic mass is 32.2. The van der Waals surface area contributed by atoms with Gasteiger partial charge in [-0.1, -0.05) is 30.3 Å². The normalized spacial score (nSPS) is 12.0. The molecule has 1 atom stereocenters. The number of carbonyl (C=O) groups is 1. The van der Waals surface area contributed by atoms with Crippen LogP contribution in [0, 0.1) is 5.82 Å². The second-order valence-corrected chi connectivity index (χ2v) is 5.74. The smallest absolute Gasteiger partial charge is 0.251 e. The Balaban J connectivity index is 1.93. The van der Waals surface area contributed by atoms with Gasteiger partial charge in [0, 0.05) is 23.4 Å². The zero-order chi connectivity index (χ0) is 15.9. The van der Waals surface area contributed by atoms with Crippen LogP contribution >= 0.6 is 11.8 Å². The Morgan fingerprint density at radius 2 is 1.91 bits per heavy atom. The van der Waals surface area contributed by atoms with Crippen molar-refractivity contribution < 1.29 is 14.3 Å². The summed E-state index contributed by atoms with van der Waals surface area (Å²) >= 11 is 1.71. The van der Waals surface area contributed by atoms with Crippen LogP contribution in [0.3, 0.4) is 0 Å². The lowest BCUT2D eigenvalue weighted by Crippen LogP contribution is -2.28. The van der Waals surface area contributed by atoms with E-state index < -0.39 is 11.9 Å². The molecule has 0 fully saturated rings. The molecule has 0 aliphatic rings. The predicted molar refractivity (Wildman–Crippen MR) is 87.4 cm³/mol. The first-order valence-corrected chi connectivity index (χ1v) is 8.29. The summed E-state index contributed by atoms with van der Waals surface area (Å²) in [6.07, 6.45) is 0.950. The third-order valence-electron chi connectivity index (χ3n) is 3.25. The summed E-state index contributed by atoms with van der Waals surface area (Å²) in [5, 5.41) is 12.6. The fourth-order valence-electron chi connectivity index (χ4n) is 2.07. The molecule has 0 heterocycles. The fraction of sp³-hybridized carbons (Fsp3) is 0.235. The molecule has 0 aromatic heterocycles. The Hall–Kier alpha value is -1.85. The topological polar surface area (TPSA) is 49.3 Å². The minimum absolute atomic E-state index is 0.0354. The Kier molecular flexibility index (Phi) is 5.98. The van der Waals surface area contributed by atoms with E-state index in [9.17, 15) is 14.3 Å². The number of amides is 1. The Morgan fingerprint density at radius 3 is 2.55 bits per heavy atom. The molecule has 0 radical (unpaired) electrons. The van der Waals surface area contributed by atoms with Crippen LogP contribution in [0.15, 0.2) is 48.5 Å². The molecule has 0 bridgehead atoms. The van der Waals surface area contributed by atoms with Gasteiger partial charge in [-0.25, -0.2) is 4.39 Å². The molecule has 2 N–H and O–H groups in total. The van der Waals surface area contributed by atoms with Gasteiger partial charge in [0.15, 0.2) is 0 Å². The maximum absolute atomic E-state index is 13.5. The summed E-state index contributed by atoms with van der Waals surface area (Å²) in [6.45, 7) is -0.0354. The number of thioether (sulfide) groups is 1. The van der Waals surface area contributed by atoms with Gasteiger partial charge in [0.1, 0.15) is 5.82 Å². The molecule has 5 heteroatoms. The Bertz CT molecular complexity index is 631. The van der Waals surface area contributed by atoms with Crippen molar-refractivity contribution in [1.29, 1.82) is 0 Å². The highest BCUT2D eigenvalue weighted by Crippen LogP contribution is 2.16. The number of carbonyl (C=O) groups excluding carboxylic acids is 1. The van der Waals surface area contributed by atoms with Crippen molar-refractivity contribution >= 4 is 17.7 Å². The third kappa shape index (κ3) is 4.32. The van der Waals surface area contributed by atoms with Crippen molar-refractivity contribution in [2.45, 2.75) is 11.9 Å². The molecule has 2 rings (SSSR count). The molecule has 1 amide bonds. The van der Waals surface area contributed by atoms with Crippen LogP contribution in [0.2, 0.25) is 0 Å². The molecular formula is C17H18FNO2S. The third-order valence-corrected chi connectivity index (χ3v) is 3.87. The standard InChI is InChI=1S/C17H18FNO2S/c1-22-11-12-6-8-13(9-7-12)17(21)19-10-16(20)14-4-2-3-5-15(14)18/h2-9,16,20H,10-11H2,1H3,(H,19,21). The van der Waals surface area contributed by atoms with Crippen molar-refractivity contribution in [1.82, 2.24) is 5.32 Å². The molecule has 0 aliphatic heterocycles. The van der Waals surface area contributed by atoms with Crippen LogP contribution in [0.5, 0.6) is 0 Å². The van der Waals surface area contributed by atoms with E-state index in [1.165, 1.54) is 12.1 Å². The van der Waals surface area contributed by atoms with E-state index in [1.54, 1.807) is 36.0 Å². The van der Waals surface area contributed by atoms with Gasteiger partial charge in [-0.2, -0.15) is 11.8 Å². The van der Waals surface area contributed by atoms with Crippen LogP contribution < -0.4 is 5.32 Å². The number of benzene rings is 2. The van der Waals surface area contributed by atoms with E-state index in [4.69, 9.17) is 0 Å². The maximum Gasteiger partial charge on any atom is 0.251 e. The number of halogens is 1. The lowest BCUT2D eigenvalue weighted by molar-refractivity contribution is 0.0914. The summed E-state index contributed by atoms with van der Waals surface area (Å²) in [4.78, 5) is 12.0. The number of nitrogens with one attached hydrogen (secondary N) is 1. The quantitative estimate of drug-likeness (QED) is 0.860. The lowest BCUT2D eigenvalue weighted by atomic mass is 10.1. The fourth-order valence-corrected chi connectivity index (χ4v) is 2.59. The monoisotopic (exact) mass is 319 g/mol. The molecule has 116 valence electrons. The SMILES string of the molecule is CSCc1ccc(C(=O)NCC(O)c2ccccc2F)cc1. The molecule has 0 aliphatic carbocycles. The number of hydrogen-bond donors (Lipinski definition) is 2. The minimum atomic E-state index is -1.07. The van der Waals surface area contributed by atoms with Gasteiger partial charge < -0.3 is 10.4 Å². The van der Waals surface area contributed by atoms with E-state index in [0.29, 0.717) is 5.56 Å². The van der Waals surface area contributed by atoms with E-state index in [1.807, 2.05) is 18.4 Å². The first kappa shape index (κ1) is 16.5. The Morgan fingerprint density at radius 1 is 1.23 bits per heavy atom. The zero-order valence-corrected chi connectivity index (χ0v) is 13.1. The number of hydrogen-bond acceptors (Lipinski definition) is 3. The lowest BCUT2D eigenvalue weighted by Gasteiger charge is -2.13. The summed E-state index contributed by atoms with van der Waals surface area (Å²) in [5.41, 5.74) is 1.85. The van der Waals surface area contributed by atoms with Gasteiger partial charge in [-0.3, -0.25) is 4.79 Å². The summed E-state index contributed by atoms with van der Waals surface area (Å²) in [5.74, 6) is 0.130. The average molecular weight is 319 g/mol. The molecule has 0 spiro atoms. The van der Waals surface area contributed by atoms with Gasteiger partial charge in [-0.15, -0.1) is 0 Å². The number of rotatable bonds is 6. The highest BCUT2D eigenvalue weighted by Gasteiger charge is 2.14. The van der Waals surface area contributed by atoms with Crippen LogP contribution in [-0.4, -0.2) is 23.8 Å². The predicted octanol–water partition coefficient (Wildman–Crippen LogP) is 3.15. The van der Waals surface area contributed by atoms with Crippen LogP contribution in [-0.2, 0) is 5.75 Å². The van der Waals surface area contributed by atoms with Gasteiger partial charge >= 0.3 is 0 Å². The van der Waals surface area contributed by atoms with Gasteiger partial charge in [-0.05, 0) is 30.0 Å². The molecular weight excluding hydrogens is 301 g/mol. The molecule has 2 aromatic carbocycles. The van der Waals surface area contributed by atoms with Crippen LogP contribution in [0.4, 0.5) is 4.39 Å². The molecule has 3 nitrogen and oxygen atoms in total. The largest absolute Gasteiger partial charge is 0.386 e. The first-order chi connectivity index (χ1) is 10.6. The van der Waals surface area contributed by atoms with Crippen LogP contribution in [0.1, 0.15) is 27.6 Å². The first-order valence-electron chi connectivity index (χ1n) is 6.90. The van der Waals surface area contributed by atoms with Gasteiger partial charge in [0.05, 0.1) is 6.10 Å². The Labute approximate surface area is 133 Å². The van der Waals surface area contributed by atoms with Crippen molar-refractivity contribution in [3.8, 4) is 0 Å². The second kappa shape index (κ2) is 7.96.